The number of anilines is 3. The molecule has 14 heteroatoms. The van der Waals surface area contributed by atoms with E-state index in [1.807, 2.05) is 47.8 Å². The molecule has 2 aliphatic carbocycles. The first-order chi connectivity index (χ1) is 20.2. The van der Waals surface area contributed by atoms with E-state index in [1.165, 1.54) is 4.90 Å². The van der Waals surface area contributed by atoms with Crippen molar-refractivity contribution in [3.8, 4) is 0 Å². The molecule has 1 saturated heterocycles. The molecule has 4 aromatic rings. The summed E-state index contributed by atoms with van der Waals surface area (Å²) in [6.07, 6.45) is 8.53. The number of carbonyl (C=O) groups excluding carboxylic acids is 3. The minimum absolute atomic E-state index is 0.0138. The molecule has 0 bridgehead atoms. The normalized spacial score (nSPS) is 19.7. The highest BCUT2D eigenvalue weighted by molar-refractivity contribution is 6.13. The summed E-state index contributed by atoms with van der Waals surface area (Å²) in [4.78, 5) is 67.4. The second-order valence-corrected chi connectivity index (χ2v) is 11.2. The van der Waals surface area contributed by atoms with E-state index >= 15 is 0 Å². The number of aromatic nitrogens is 7. The molecule has 2 atom stereocenters. The second-order valence-electron chi connectivity index (χ2n) is 11.2. The first-order valence-electron chi connectivity index (χ1n) is 13.9. The number of hydrogen-bond acceptors (Lipinski definition) is 10. The van der Waals surface area contributed by atoms with Crippen LogP contribution in [0.15, 0.2) is 30.7 Å². The fourth-order valence-corrected chi connectivity index (χ4v) is 5.33. The van der Waals surface area contributed by atoms with Gasteiger partial charge in [0.2, 0.25) is 23.7 Å². The number of hydrogen-bond donors (Lipinski definition) is 2. The fraction of sp³-hybridized carbons (Fsp3) is 0.393. The van der Waals surface area contributed by atoms with Crippen LogP contribution in [0.1, 0.15) is 59.7 Å². The maximum Gasteiger partial charge on any atom is 0.329 e. The van der Waals surface area contributed by atoms with E-state index in [0.717, 1.165) is 29.8 Å². The van der Waals surface area contributed by atoms with Crippen molar-refractivity contribution in [1.29, 1.82) is 0 Å². The number of carbonyl (C=O) groups is 3. The Labute approximate surface area is 240 Å². The van der Waals surface area contributed by atoms with E-state index in [2.05, 4.69) is 35.6 Å². The van der Waals surface area contributed by atoms with Crippen LogP contribution in [-0.2, 0) is 16.1 Å². The smallest absolute Gasteiger partial charge is 0.329 e. The third kappa shape index (κ3) is 4.99. The Morgan fingerprint density at radius 3 is 2.69 bits per heavy atom. The first kappa shape index (κ1) is 25.9. The lowest BCUT2D eigenvalue weighted by molar-refractivity contribution is -0.118. The van der Waals surface area contributed by atoms with E-state index < -0.39 is 6.03 Å². The molecule has 2 N–H and O–H groups in total. The lowest BCUT2D eigenvalue weighted by Gasteiger charge is -2.17. The molecule has 14 nitrogen and oxygen atoms in total. The zero-order valence-corrected chi connectivity index (χ0v) is 23.4. The van der Waals surface area contributed by atoms with Gasteiger partial charge in [-0.25, -0.2) is 19.7 Å². The van der Waals surface area contributed by atoms with Crippen molar-refractivity contribution < 1.29 is 14.4 Å². The molecule has 1 aliphatic heterocycles. The van der Waals surface area contributed by atoms with Crippen LogP contribution < -0.4 is 20.4 Å². The van der Waals surface area contributed by atoms with E-state index in [0.29, 0.717) is 47.8 Å². The van der Waals surface area contributed by atoms with Crippen LogP contribution in [0.2, 0.25) is 0 Å². The van der Waals surface area contributed by atoms with E-state index in [-0.39, 0.29) is 36.1 Å². The molecule has 42 heavy (non-hydrogen) atoms. The highest BCUT2D eigenvalue weighted by Crippen LogP contribution is 2.46. The highest BCUT2D eigenvalue weighted by Gasteiger charge is 2.46. The second kappa shape index (κ2) is 9.82. The number of nitrogens with one attached hydrogen (secondary N) is 2. The Morgan fingerprint density at radius 2 is 1.95 bits per heavy atom. The monoisotopic (exact) mass is 567 g/mol. The molecule has 2 saturated carbocycles. The number of rotatable bonds is 8. The number of fused-ring (bicyclic) bond motifs is 1. The highest BCUT2D eigenvalue weighted by atomic mass is 16.2. The van der Waals surface area contributed by atoms with E-state index in [9.17, 15) is 14.4 Å². The summed E-state index contributed by atoms with van der Waals surface area (Å²) in [5.74, 6) is 1.40. The van der Waals surface area contributed by atoms with Gasteiger partial charge < -0.3 is 9.30 Å². The third-order valence-electron chi connectivity index (χ3n) is 7.72. The van der Waals surface area contributed by atoms with Crippen molar-refractivity contribution in [2.45, 2.75) is 51.5 Å². The lowest BCUT2D eigenvalue weighted by atomic mass is 10.1. The van der Waals surface area contributed by atoms with Crippen LogP contribution in [0.5, 0.6) is 0 Å². The maximum atomic E-state index is 12.9. The number of imide groups is 1. The summed E-state index contributed by atoms with van der Waals surface area (Å²) in [5.41, 5.74) is 3.90. The molecule has 0 radical (unpaired) electrons. The average molecular weight is 568 g/mol. The molecule has 214 valence electrons. The van der Waals surface area contributed by atoms with Crippen molar-refractivity contribution in [2.75, 3.05) is 28.7 Å². The fourth-order valence-electron chi connectivity index (χ4n) is 5.33. The van der Waals surface area contributed by atoms with Gasteiger partial charge in [-0.3, -0.25) is 25.1 Å². The number of amides is 4. The minimum Gasteiger partial charge on any atom is -0.338 e. The minimum atomic E-state index is -0.448. The largest absolute Gasteiger partial charge is 0.338 e. The van der Waals surface area contributed by atoms with Crippen LogP contribution >= 0.6 is 0 Å². The predicted molar refractivity (Wildman–Crippen MR) is 151 cm³/mol. The van der Waals surface area contributed by atoms with Crippen molar-refractivity contribution in [3.63, 3.8) is 0 Å². The number of aryl methyl sites for hydroxylation is 2. The average Bonchev–Trinajstić information content (AvgIpc) is 3.86. The number of urea groups is 1. The molecule has 7 rings (SSSR count). The Balaban J connectivity index is 1.09. The molecule has 5 heterocycles. The number of imidazole rings is 1. The standard InChI is InChI=1S/C28H29N11O3/c1-14-6-7-29-23(30-14)19-9-20(19)25(41)35-26-31-15(2)32-27(36-26)37(3)11-18-12-38-10-17(16-4-5-16)8-21(24(38)33-18)39-13-22(40)34-28(39)42/h6-8,10,12,16,19-20H,4-5,9,11,13H2,1-3H3,(H,34,40,42)(H,31,32,35,36,41)/t19-,20-/m0/s1. The third-order valence-corrected chi connectivity index (χ3v) is 7.72. The topological polar surface area (TPSA) is 163 Å². The molecule has 0 unspecified atom stereocenters. The molecule has 4 aromatic heterocycles. The lowest BCUT2D eigenvalue weighted by Crippen LogP contribution is -2.28. The van der Waals surface area contributed by atoms with Crippen LogP contribution in [-0.4, -0.2) is 65.7 Å². The van der Waals surface area contributed by atoms with Gasteiger partial charge in [0.25, 0.3) is 0 Å². The van der Waals surface area contributed by atoms with Crippen molar-refractivity contribution >= 4 is 41.1 Å². The first-order valence-corrected chi connectivity index (χ1v) is 13.9. The Hall–Kier alpha value is -5.01. The molecule has 0 spiro atoms. The van der Waals surface area contributed by atoms with Gasteiger partial charge in [-0.1, -0.05) is 0 Å². The summed E-state index contributed by atoms with van der Waals surface area (Å²) in [7, 11) is 1.83. The van der Waals surface area contributed by atoms with E-state index in [4.69, 9.17) is 4.98 Å². The molecule has 3 fully saturated rings. The molecule has 4 amide bonds. The van der Waals surface area contributed by atoms with Gasteiger partial charge in [-0.15, -0.1) is 0 Å². The predicted octanol–water partition coefficient (Wildman–Crippen LogP) is 2.24. The SMILES string of the molecule is Cc1ccnc([C@H]2C[C@@H]2C(=O)Nc2nc(C)nc(N(C)Cc3cn4cc(C5CC5)cc(N5CC(=O)NC5=O)c4n3)n2)n1. The van der Waals surface area contributed by atoms with Gasteiger partial charge in [0.05, 0.1) is 17.9 Å². The van der Waals surface area contributed by atoms with Crippen molar-refractivity contribution in [3.05, 3.63) is 59.3 Å². The van der Waals surface area contributed by atoms with Gasteiger partial charge in [0.15, 0.2) is 5.65 Å². The van der Waals surface area contributed by atoms with Gasteiger partial charge in [-0.2, -0.15) is 15.0 Å². The van der Waals surface area contributed by atoms with Crippen LogP contribution in [0.25, 0.3) is 5.65 Å². The maximum absolute atomic E-state index is 12.9. The zero-order valence-electron chi connectivity index (χ0n) is 23.4. The Morgan fingerprint density at radius 1 is 1.12 bits per heavy atom. The zero-order chi connectivity index (χ0) is 29.1. The number of nitrogens with zero attached hydrogens (tertiary/aromatic N) is 9. The Bertz CT molecular complexity index is 1770. The van der Waals surface area contributed by atoms with Gasteiger partial charge in [-0.05, 0) is 56.7 Å². The van der Waals surface area contributed by atoms with Crippen LogP contribution in [0.3, 0.4) is 0 Å². The summed E-state index contributed by atoms with van der Waals surface area (Å²) in [6, 6.07) is 3.35. The summed E-state index contributed by atoms with van der Waals surface area (Å²) in [5, 5.41) is 5.18. The van der Waals surface area contributed by atoms with Gasteiger partial charge in [0.1, 0.15) is 18.2 Å². The van der Waals surface area contributed by atoms with Crippen molar-refractivity contribution in [1.82, 2.24) is 39.6 Å². The molecular formula is C28H29N11O3. The quantitative estimate of drug-likeness (QED) is 0.302. The molecule has 0 aromatic carbocycles. The van der Waals surface area contributed by atoms with Crippen molar-refractivity contribution in [2.24, 2.45) is 5.92 Å². The summed E-state index contributed by atoms with van der Waals surface area (Å²) >= 11 is 0. The van der Waals surface area contributed by atoms with Gasteiger partial charge in [0, 0.05) is 43.2 Å². The van der Waals surface area contributed by atoms with Crippen LogP contribution in [0.4, 0.5) is 22.4 Å². The molecule has 3 aliphatic rings. The summed E-state index contributed by atoms with van der Waals surface area (Å²) < 4.78 is 1.91. The summed E-state index contributed by atoms with van der Waals surface area (Å²) in [6.45, 7) is 3.97. The van der Waals surface area contributed by atoms with Gasteiger partial charge >= 0.3 is 6.03 Å². The van der Waals surface area contributed by atoms with E-state index in [1.54, 1.807) is 13.1 Å². The molecular weight excluding hydrogens is 538 g/mol. The Kier molecular flexibility index (Phi) is 6.06. The van der Waals surface area contributed by atoms with Crippen LogP contribution in [0, 0.1) is 19.8 Å². The number of pyridine rings is 1.